The maximum atomic E-state index is 13.5. The number of sulfone groups is 1. The van der Waals surface area contributed by atoms with Crippen molar-refractivity contribution in [2.45, 2.75) is 42.7 Å². The zero-order valence-electron chi connectivity index (χ0n) is 19.4. The monoisotopic (exact) mass is 526 g/mol. The number of fused-ring (bicyclic) bond motifs is 2. The molecule has 2 amide bonds. The quantitative estimate of drug-likeness (QED) is 0.466. The van der Waals surface area contributed by atoms with E-state index in [0.29, 0.717) is 29.7 Å². The van der Waals surface area contributed by atoms with Crippen LogP contribution in [-0.2, 0) is 29.9 Å². The Morgan fingerprint density at radius 1 is 1.11 bits per heavy atom. The van der Waals surface area contributed by atoms with E-state index in [4.69, 9.17) is 4.74 Å². The Morgan fingerprint density at radius 2 is 1.86 bits per heavy atom. The number of thiophene rings is 1. The Bertz CT molecular complexity index is 1390. The van der Waals surface area contributed by atoms with Crippen molar-refractivity contribution in [3.8, 4) is 0 Å². The number of ether oxygens (including phenoxy) is 1. The Kier molecular flexibility index (Phi) is 6.67. The number of carbonyl (C=O) groups is 3. The molecule has 0 radical (unpaired) electrons. The number of benzene rings is 2. The predicted octanol–water partition coefficient (Wildman–Crippen LogP) is 2.62. The van der Waals surface area contributed by atoms with Gasteiger partial charge in [0.25, 0.3) is 5.91 Å². The summed E-state index contributed by atoms with van der Waals surface area (Å²) in [5.74, 6) is -2.33. The lowest BCUT2D eigenvalue weighted by Crippen LogP contribution is -2.61. The number of nitrogens with one attached hydrogen (secondary N) is 2. The summed E-state index contributed by atoms with van der Waals surface area (Å²) in [6.45, 7) is -0.0872. The molecule has 2 heterocycles. The minimum Gasteiger partial charge on any atom is -0.367 e. The van der Waals surface area contributed by atoms with Crippen molar-refractivity contribution in [3.63, 3.8) is 0 Å². The van der Waals surface area contributed by atoms with Crippen molar-refractivity contribution >= 4 is 48.9 Å². The second-order valence-corrected chi connectivity index (χ2v) is 12.5. The van der Waals surface area contributed by atoms with Crippen LogP contribution in [0, 0.1) is 0 Å². The SMILES string of the molecule is O=C(NC(CS(=O)(=O)Cc1ccccc1)C(=O)NC12CCCC1OCC2=O)c1cc2ccccc2s1. The van der Waals surface area contributed by atoms with Gasteiger partial charge in [-0.25, -0.2) is 8.42 Å². The van der Waals surface area contributed by atoms with Crippen LogP contribution in [0.15, 0.2) is 60.7 Å². The topological polar surface area (TPSA) is 119 Å². The average molecular weight is 527 g/mol. The van der Waals surface area contributed by atoms with E-state index in [1.165, 1.54) is 11.3 Å². The van der Waals surface area contributed by atoms with Crippen molar-refractivity contribution in [2.24, 2.45) is 0 Å². The number of hydrogen-bond acceptors (Lipinski definition) is 7. The van der Waals surface area contributed by atoms with E-state index in [9.17, 15) is 22.8 Å². The molecule has 36 heavy (non-hydrogen) atoms. The van der Waals surface area contributed by atoms with Crippen LogP contribution in [0.2, 0.25) is 0 Å². The second kappa shape index (κ2) is 9.76. The molecule has 3 aromatic rings. The third kappa shape index (κ3) is 4.93. The van der Waals surface area contributed by atoms with E-state index in [1.807, 2.05) is 24.3 Å². The molecule has 3 unspecified atom stereocenters. The summed E-state index contributed by atoms with van der Waals surface area (Å²) in [4.78, 5) is 39.6. The lowest BCUT2D eigenvalue weighted by atomic mass is 9.92. The number of rotatable bonds is 8. The van der Waals surface area contributed by atoms with Gasteiger partial charge in [0.1, 0.15) is 18.2 Å². The average Bonchev–Trinajstić information content (AvgIpc) is 3.53. The third-order valence-electron chi connectivity index (χ3n) is 6.77. The molecule has 1 saturated heterocycles. The molecule has 1 aliphatic carbocycles. The molecule has 1 saturated carbocycles. The molecule has 2 aromatic carbocycles. The van der Waals surface area contributed by atoms with Crippen molar-refractivity contribution in [1.82, 2.24) is 10.6 Å². The summed E-state index contributed by atoms with van der Waals surface area (Å²) < 4.78 is 32.6. The number of carbonyl (C=O) groups excluding carboxylic acids is 3. The molecular formula is C26H26N2O6S2. The summed E-state index contributed by atoms with van der Waals surface area (Å²) in [6, 6.07) is 16.5. The first-order valence-corrected chi connectivity index (χ1v) is 14.4. The largest absolute Gasteiger partial charge is 0.367 e. The first-order valence-electron chi connectivity index (χ1n) is 11.8. The van der Waals surface area contributed by atoms with Gasteiger partial charge in [-0.15, -0.1) is 11.3 Å². The maximum Gasteiger partial charge on any atom is 0.262 e. The van der Waals surface area contributed by atoms with Crippen molar-refractivity contribution < 1.29 is 27.5 Å². The van der Waals surface area contributed by atoms with Gasteiger partial charge in [0.2, 0.25) is 5.91 Å². The van der Waals surface area contributed by atoms with Crippen LogP contribution in [0.1, 0.15) is 34.5 Å². The molecule has 2 fully saturated rings. The Balaban J connectivity index is 1.40. The van der Waals surface area contributed by atoms with E-state index in [-0.39, 0.29) is 18.1 Å². The van der Waals surface area contributed by atoms with Crippen LogP contribution >= 0.6 is 11.3 Å². The number of hydrogen-bond donors (Lipinski definition) is 2. The molecule has 0 bridgehead atoms. The van der Waals surface area contributed by atoms with Gasteiger partial charge < -0.3 is 15.4 Å². The zero-order chi connectivity index (χ0) is 25.3. The summed E-state index contributed by atoms with van der Waals surface area (Å²) in [7, 11) is -3.79. The fourth-order valence-electron chi connectivity index (χ4n) is 4.99. The summed E-state index contributed by atoms with van der Waals surface area (Å²) in [6.07, 6.45) is 1.34. The van der Waals surface area contributed by atoms with Crippen molar-refractivity contribution in [1.29, 1.82) is 0 Å². The van der Waals surface area contributed by atoms with E-state index < -0.39 is 45.1 Å². The fourth-order valence-corrected chi connectivity index (χ4v) is 7.52. The van der Waals surface area contributed by atoms with E-state index >= 15 is 0 Å². The van der Waals surface area contributed by atoms with Crippen molar-refractivity contribution in [3.05, 3.63) is 71.1 Å². The van der Waals surface area contributed by atoms with Gasteiger partial charge in [-0.3, -0.25) is 14.4 Å². The summed E-state index contributed by atoms with van der Waals surface area (Å²) >= 11 is 1.26. The number of Topliss-reactive ketones (excluding diaryl/α,β-unsaturated/α-hetero) is 1. The maximum absolute atomic E-state index is 13.5. The molecule has 1 aliphatic heterocycles. The van der Waals surface area contributed by atoms with Gasteiger partial charge in [-0.05, 0) is 42.3 Å². The van der Waals surface area contributed by atoms with E-state index in [2.05, 4.69) is 10.6 Å². The molecular weight excluding hydrogens is 500 g/mol. The molecule has 5 rings (SSSR count). The highest BCUT2D eigenvalue weighted by molar-refractivity contribution is 7.90. The minimum absolute atomic E-state index is 0.0872. The highest BCUT2D eigenvalue weighted by Gasteiger charge is 2.55. The molecule has 3 atom stereocenters. The Hall–Kier alpha value is -3.08. The standard InChI is InChI=1S/C26H26N2O6S2/c29-22-14-34-23-11-6-12-26(22,23)28-24(30)19(16-36(32,33)15-17-7-2-1-3-8-17)27-25(31)21-13-18-9-4-5-10-20(18)35-21/h1-5,7-10,13,19,23H,6,11-12,14-16H2,(H,27,31)(H,28,30). The normalized spacial score (nSPS) is 22.3. The zero-order valence-corrected chi connectivity index (χ0v) is 21.1. The van der Waals surface area contributed by atoms with Crippen LogP contribution in [0.3, 0.4) is 0 Å². The Morgan fingerprint density at radius 3 is 2.64 bits per heavy atom. The molecule has 10 heteroatoms. The van der Waals surface area contributed by atoms with Gasteiger partial charge in [-0.1, -0.05) is 48.5 Å². The molecule has 8 nitrogen and oxygen atoms in total. The van der Waals surface area contributed by atoms with Gasteiger partial charge in [0.05, 0.1) is 22.5 Å². The Labute approximate surface area is 213 Å². The van der Waals surface area contributed by atoms with Gasteiger partial charge in [0, 0.05) is 4.70 Å². The van der Waals surface area contributed by atoms with Gasteiger partial charge >= 0.3 is 0 Å². The molecule has 0 spiro atoms. The lowest BCUT2D eigenvalue weighted by molar-refractivity contribution is -0.130. The summed E-state index contributed by atoms with van der Waals surface area (Å²) in [5, 5.41) is 6.30. The first-order chi connectivity index (χ1) is 17.3. The number of amides is 2. The molecule has 2 N–H and O–H groups in total. The fraction of sp³-hybridized carbons (Fsp3) is 0.346. The van der Waals surface area contributed by atoms with Crippen molar-refractivity contribution in [2.75, 3.05) is 12.4 Å². The van der Waals surface area contributed by atoms with Crippen LogP contribution < -0.4 is 10.6 Å². The van der Waals surface area contributed by atoms with Crippen LogP contribution in [0.5, 0.6) is 0 Å². The first kappa shape index (κ1) is 24.6. The van der Waals surface area contributed by atoms with Crippen LogP contribution in [-0.4, -0.2) is 56.1 Å². The van der Waals surface area contributed by atoms with Crippen LogP contribution in [0.4, 0.5) is 0 Å². The number of ketones is 1. The molecule has 1 aromatic heterocycles. The third-order valence-corrected chi connectivity index (χ3v) is 9.50. The predicted molar refractivity (Wildman–Crippen MR) is 136 cm³/mol. The van der Waals surface area contributed by atoms with E-state index in [0.717, 1.165) is 10.1 Å². The van der Waals surface area contributed by atoms with Crippen LogP contribution in [0.25, 0.3) is 10.1 Å². The van der Waals surface area contributed by atoms with Gasteiger partial charge in [-0.2, -0.15) is 0 Å². The molecule has 188 valence electrons. The summed E-state index contributed by atoms with van der Waals surface area (Å²) in [5.41, 5.74) is -0.581. The smallest absolute Gasteiger partial charge is 0.262 e. The van der Waals surface area contributed by atoms with Gasteiger partial charge in [0.15, 0.2) is 15.6 Å². The lowest BCUT2D eigenvalue weighted by Gasteiger charge is -2.30. The molecule has 2 aliphatic rings. The second-order valence-electron chi connectivity index (χ2n) is 9.29. The highest BCUT2D eigenvalue weighted by Crippen LogP contribution is 2.38. The van der Waals surface area contributed by atoms with E-state index in [1.54, 1.807) is 36.4 Å². The minimum atomic E-state index is -3.79. The highest BCUT2D eigenvalue weighted by atomic mass is 32.2.